The van der Waals surface area contributed by atoms with Gasteiger partial charge in [-0.2, -0.15) is 0 Å². The molecule has 4 heteroatoms. The first-order chi connectivity index (χ1) is 15.5. The molecule has 0 aliphatic carbocycles. The maximum atomic E-state index is 9.70. The second-order valence-electron chi connectivity index (χ2n) is 6.14. The fourth-order valence-electron chi connectivity index (χ4n) is 2.06. The predicted molar refractivity (Wildman–Crippen MR) is 138 cm³/mol. The molecular weight excluding hydrogens is 396 g/mol. The van der Waals surface area contributed by atoms with Crippen LogP contribution in [-0.4, -0.2) is 17.9 Å². The van der Waals surface area contributed by atoms with Crippen LogP contribution in [0.1, 0.15) is 19.5 Å². The molecule has 2 aromatic rings. The Morgan fingerprint density at radius 1 is 1.00 bits per heavy atom. The molecule has 1 aromatic heterocycles. The van der Waals surface area contributed by atoms with Crippen molar-refractivity contribution in [2.24, 2.45) is 0 Å². The Kier molecular flexibility index (Phi) is 16.7. The van der Waals surface area contributed by atoms with Crippen LogP contribution in [-0.2, 0) is 16.1 Å². The Morgan fingerprint density at radius 3 is 2.16 bits per heavy atom. The van der Waals surface area contributed by atoms with Gasteiger partial charge in [0.1, 0.15) is 12.4 Å². The zero-order chi connectivity index (χ0) is 24.0. The molecule has 1 N–H and O–H groups in total. The lowest BCUT2D eigenvalue weighted by atomic mass is 10.2. The SMILES string of the molecule is C=C/C=C(\C=C/C)OCc1ccc2ccccc2n1.C=C/C=C\C=C/C=C.CNC(C)=O. The zero-order valence-electron chi connectivity index (χ0n) is 19.3. The van der Waals surface area contributed by atoms with Crippen LogP contribution in [0.15, 0.2) is 123 Å². The van der Waals surface area contributed by atoms with Crippen LogP contribution in [0.2, 0.25) is 0 Å². The van der Waals surface area contributed by atoms with Crippen LogP contribution in [0.4, 0.5) is 0 Å². The maximum absolute atomic E-state index is 9.70. The van der Waals surface area contributed by atoms with Crippen molar-refractivity contribution < 1.29 is 9.53 Å². The molecule has 0 saturated carbocycles. The first-order valence-corrected chi connectivity index (χ1v) is 10.2. The predicted octanol–water partition coefficient (Wildman–Crippen LogP) is 6.62. The number of ether oxygens (including phenoxy) is 1. The number of rotatable bonds is 8. The van der Waals surface area contributed by atoms with Gasteiger partial charge in [-0.25, -0.2) is 4.98 Å². The third-order valence-corrected chi connectivity index (χ3v) is 3.61. The minimum Gasteiger partial charge on any atom is -0.487 e. The molecule has 1 heterocycles. The Labute approximate surface area is 192 Å². The van der Waals surface area contributed by atoms with Crippen LogP contribution in [0.3, 0.4) is 0 Å². The molecular formula is C28H34N2O2. The molecule has 168 valence electrons. The molecule has 0 saturated heterocycles. The standard InChI is InChI=1S/C17H17NO.C8H10.C3H7NO/c1-3-7-16(8-4-2)19-13-15-12-11-14-9-5-6-10-17(14)18-15;1-3-5-7-8-6-4-2;1-3(5)4-2/h3-12H,1,13H2,2H3;3-8H,1-2H2;1-2H3,(H,4,5)/b8-4-,16-7+;7-5-,8-6-;. The lowest BCUT2D eigenvalue weighted by molar-refractivity contribution is -0.118. The average molecular weight is 431 g/mol. The molecule has 0 radical (unpaired) electrons. The number of nitrogens with one attached hydrogen (secondary N) is 1. The van der Waals surface area contributed by atoms with E-state index in [9.17, 15) is 4.79 Å². The normalized spacial score (nSPS) is 10.8. The molecule has 0 spiro atoms. The van der Waals surface area contributed by atoms with Crippen molar-refractivity contribution in [3.05, 3.63) is 128 Å². The average Bonchev–Trinajstić information content (AvgIpc) is 2.81. The number of benzene rings is 1. The second-order valence-corrected chi connectivity index (χ2v) is 6.14. The number of allylic oxidation sites excluding steroid dienone is 10. The van der Waals surface area contributed by atoms with Crippen LogP contribution in [0.5, 0.6) is 0 Å². The van der Waals surface area contributed by atoms with Gasteiger partial charge >= 0.3 is 0 Å². The van der Waals surface area contributed by atoms with Crippen molar-refractivity contribution in [1.29, 1.82) is 0 Å². The first kappa shape index (κ1) is 28.1. The number of amides is 1. The topological polar surface area (TPSA) is 51.2 Å². The Morgan fingerprint density at radius 2 is 1.62 bits per heavy atom. The first-order valence-electron chi connectivity index (χ1n) is 10.2. The van der Waals surface area contributed by atoms with E-state index < -0.39 is 0 Å². The van der Waals surface area contributed by atoms with Crippen molar-refractivity contribution in [3.63, 3.8) is 0 Å². The van der Waals surface area contributed by atoms with Crippen LogP contribution in [0, 0.1) is 0 Å². The molecule has 32 heavy (non-hydrogen) atoms. The van der Waals surface area contributed by atoms with Crippen molar-refractivity contribution in [3.8, 4) is 0 Å². The zero-order valence-corrected chi connectivity index (χ0v) is 19.3. The summed E-state index contributed by atoms with van der Waals surface area (Å²) in [6.45, 7) is 14.6. The second kappa shape index (κ2) is 19.1. The van der Waals surface area contributed by atoms with E-state index in [2.05, 4.69) is 42.2 Å². The molecule has 0 atom stereocenters. The molecule has 0 unspecified atom stereocenters. The van der Waals surface area contributed by atoms with E-state index >= 15 is 0 Å². The number of carbonyl (C=O) groups is 1. The highest BCUT2D eigenvalue weighted by Gasteiger charge is 1.99. The molecule has 4 nitrogen and oxygen atoms in total. The van der Waals surface area contributed by atoms with Crippen molar-refractivity contribution >= 4 is 16.8 Å². The van der Waals surface area contributed by atoms with Gasteiger partial charge in [0.05, 0.1) is 11.2 Å². The minimum atomic E-state index is 0.00463. The Balaban J connectivity index is 0.000000613. The lowest BCUT2D eigenvalue weighted by Crippen LogP contribution is -2.11. The van der Waals surface area contributed by atoms with Gasteiger partial charge < -0.3 is 10.1 Å². The molecule has 0 bridgehead atoms. The maximum Gasteiger partial charge on any atom is 0.216 e. The number of fused-ring (bicyclic) bond motifs is 1. The highest BCUT2D eigenvalue weighted by Crippen LogP contribution is 2.13. The van der Waals surface area contributed by atoms with Gasteiger partial charge in [-0.3, -0.25) is 4.79 Å². The highest BCUT2D eigenvalue weighted by molar-refractivity contribution is 5.78. The summed E-state index contributed by atoms with van der Waals surface area (Å²) < 4.78 is 5.70. The summed E-state index contributed by atoms with van der Waals surface area (Å²) >= 11 is 0. The molecule has 0 fully saturated rings. The van der Waals surface area contributed by atoms with Crippen LogP contribution >= 0.6 is 0 Å². The number of para-hydroxylation sites is 1. The van der Waals surface area contributed by atoms with Gasteiger partial charge in [0.2, 0.25) is 5.91 Å². The van der Waals surface area contributed by atoms with Gasteiger partial charge in [0, 0.05) is 19.4 Å². The van der Waals surface area contributed by atoms with E-state index in [-0.39, 0.29) is 5.91 Å². The molecule has 2 rings (SSSR count). The van der Waals surface area contributed by atoms with Gasteiger partial charge in [0.15, 0.2) is 0 Å². The van der Waals surface area contributed by atoms with E-state index in [1.165, 1.54) is 6.92 Å². The van der Waals surface area contributed by atoms with E-state index in [0.717, 1.165) is 22.4 Å². The van der Waals surface area contributed by atoms with Gasteiger partial charge in [0.25, 0.3) is 0 Å². The summed E-state index contributed by atoms with van der Waals surface area (Å²) in [5, 5.41) is 3.53. The summed E-state index contributed by atoms with van der Waals surface area (Å²) in [6, 6.07) is 12.1. The molecule has 1 aromatic carbocycles. The van der Waals surface area contributed by atoms with Crippen molar-refractivity contribution in [2.75, 3.05) is 7.05 Å². The van der Waals surface area contributed by atoms with E-state index in [1.54, 1.807) is 25.3 Å². The summed E-state index contributed by atoms with van der Waals surface area (Å²) in [6.07, 6.45) is 18.4. The Hall–Kier alpha value is -3.92. The third-order valence-electron chi connectivity index (χ3n) is 3.61. The number of pyridine rings is 1. The lowest BCUT2D eigenvalue weighted by Gasteiger charge is -2.07. The number of nitrogens with zero attached hydrogens (tertiary/aromatic N) is 1. The smallest absolute Gasteiger partial charge is 0.216 e. The van der Waals surface area contributed by atoms with Gasteiger partial charge in [-0.1, -0.05) is 92.6 Å². The summed E-state index contributed by atoms with van der Waals surface area (Å²) in [5.41, 5.74) is 1.90. The number of aromatic nitrogens is 1. The van der Waals surface area contributed by atoms with Crippen LogP contribution in [0.25, 0.3) is 10.9 Å². The summed E-state index contributed by atoms with van der Waals surface area (Å²) in [7, 11) is 1.60. The molecule has 1 amide bonds. The fraction of sp³-hybridized carbons (Fsp3) is 0.143. The monoisotopic (exact) mass is 430 g/mol. The number of hydrogen-bond acceptors (Lipinski definition) is 3. The number of hydrogen-bond donors (Lipinski definition) is 1. The summed E-state index contributed by atoms with van der Waals surface area (Å²) in [5.74, 6) is 0.789. The minimum absolute atomic E-state index is 0.00463. The van der Waals surface area contributed by atoms with Crippen LogP contribution < -0.4 is 5.32 Å². The molecule has 0 aliphatic heterocycles. The van der Waals surface area contributed by atoms with Gasteiger partial charge in [-0.05, 0) is 31.2 Å². The Bertz CT molecular complexity index is 950. The van der Waals surface area contributed by atoms with Crippen molar-refractivity contribution in [2.45, 2.75) is 20.5 Å². The van der Waals surface area contributed by atoms with Crippen molar-refractivity contribution in [1.82, 2.24) is 10.3 Å². The third kappa shape index (κ3) is 14.1. The summed E-state index contributed by atoms with van der Waals surface area (Å²) in [4.78, 5) is 14.3. The molecule has 0 aliphatic rings. The largest absolute Gasteiger partial charge is 0.487 e. The van der Waals surface area contributed by atoms with E-state index in [4.69, 9.17) is 4.74 Å². The number of carbonyl (C=O) groups excluding carboxylic acids is 1. The van der Waals surface area contributed by atoms with E-state index in [1.807, 2.05) is 73.7 Å². The van der Waals surface area contributed by atoms with Gasteiger partial charge in [-0.15, -0.1) is 0 Å². The van der Waals surface area contributed by atoms with E-state index in [0.29, 0.717) is 6.61 Å². The highest BCUT2D eigenvalue weighted by atomic mass is 16.5. The quantitative estimate of drug-likeness (QED) is 0.378. The fourth-order valence-corrected chi connectivity index (χ4v) is 2.06.